The van der Waals surface area contributed by atoms with Crippen LogP contribution in [0.4, 0.5) is 5.13 Å². The molecule has 124 valence electrons. The summed E-state index contributed by atoms with van der Waals surface area (Å²) in [6.07, 6.45) is 2.58. The molecule has 2 aromatic rings. The first-order chi connectivity index (χ1) is 11.0. The lowest BCUT2D eigenvalue weighted by molar-refractivity contribution is -0.116. The number of nitrogens with zero attached hydrogens (tertiary/aromatic N) is 2. The minimum absolute atomic E-state index is 0.0437. The predicted octanol–water partition coefficient (Wildman–Crippen LogP) is 3.64. The van der Waals surface area contributed by atoms with Gasteiger partial charge in [-0.3, -0.25) is 9.59 Å². The highest BCUT2D eigenvalue weighted by Gasteiger charge is 2.20. The third-order valence-corrected chi connectivity index (χ3v) is 4.88. The lowest BCUT2D eigenvalue weighted by atomic mass is 10.1. The van der Waals surface area contributed by atoms with E-state index in [4.69, 9.17) is 0 Å². The Morgan fingerprint density at radius 2 is 2.17 bits per heavy atom. The zero-order valence-electron chi connectivity index (χ0n) is 13.5. The Morgan fingerprint density at radius 3 is 2.74 bits per heavy atom. The van der Waals surface area contributed by atoms with E-state index >= 15 is 0 Å². The Balaban J connectivity index is 2.01. The van der Waals surface area contributed by atoms with Gasteiger partial charge >= 0.3 is 0 Å². The van der Waals surface area contributed by atoms with Crippen molar-refractivity contribution in [3.05, 3.63) is 33.5 Å². The largest absolute Gasteiger partial charge is 0.329 e. The highest BCUT2D eigenvalue weighted by molar-refractivity contribution is 7.15. The molecule has 23 heavy (non-hydrogen) atoms. The number of thiazole rings is 1. The molecule has 0 bridgehead atoms. The number of carbonyl (C=O) groups excluding carboxylic acids is 2. The molecule has 7 heteroatoms. The van der Waals surface area contributed by atoms with Gasteiger partial charge in [-0.2, -0.15) is 0 Å². The molecule has 0 aliphatic rings. The van der Waals surface area contributed by atoms with Crippen LogP contribution in [0.1, 0.15) is 34.8 Å². The van der Waals surface area contributed by atoms with E-state index in [0.717, 1.165) is 11.3 Å². The van der Waals surface area contributed by atoms with Crippen LogP contribution in [-0.2, 0) is 4.79 Å². The number of rotatable bonds is 7. The fourth-order valence-electron chi connectivity index (χ4n) is 1.97. The maximum absolute atomic E-state index is 12.6. The Kier molecular flexibility index (Phi) is 6.29. The highest BCUT2D eigenvalue weighted by Crippen LogP contribution is 2.17. The minimum atomic E-state index is -0.215. The fourth-order valence-corrected chi connectivity index (χ4v) is 3.34. The van der Waals surface area contributed by atoms with Crippen LogP contribution in [0.5, 0.6) is 0 Å². The van der Waals surface area contributed by atoms with Crippen LogP contribution in [0.3, 0.4) is 0 Å². The van der Waals surface area contributed by atoms with Gasteiger partial charge in [0.2, 0.25) is 5.91 Å². The van der Waals surface area contributed by atoms with Gasteiger partial charge in [-0.05, 0) is 30.7 Å². The number of hydrogen-bond donors (Lipinski definition) is 1. The number of hydrogen-bond acceptors (Lipinski definition) is 5. The summed E-state index contributed by atoms with van der Waals surface area (Å²) < 4.78 is 0. The van der Waals surface area contributed by atoms with Crippen LogP contribution in [-0.4, -0.2) is 34.8 Å². The first-order valence-corrected chi connectivity index (χ1v) is 9.20. The molecule has 2 amide bonds. The standard InChI is InChI=1S/C16H21N3O2S2/c1-11(2)6-7-19(15(21)13-5-4-8-22-13)10-14(20)18-16-17-9-12(3)23-16/h4-5,8-9,11H,6-7,10H2,1-3H3,(H,17,18,20). The van der Waals surface area contributed by atoms with Crippen molar-refractivity contribution >= 4 is 39.6 Å². The lowest BCUT2D eigenvalue weighted by Gasteiger charge is -2.22. The van der Waals surface area contributed by atoms with Crippen LogP contribution < -0.4 is 5.32 Å². The van der Waals surface area contributed by atoms with Gasteiger partial charge < -0.3 is 10.2 Å². The number of amides is 2. The zero-order valence-corrected chi connectivity index (χ0v) is 15.2. The van der Waals surface area contributed by atoms with Crippen LogP contribution in [0.2, 0.25) is 0 Å². The van der Waals surface area contributed by atoms with Gasteiger partial charge in [-0.25, -0.2) is 4.98 Å². The third-order valence-electron chi connectivity index (χ3n) is 3.20. The monoisotopic (exact) mass is 351 g/mol. The summed E-state index contributed by atoms with van der Waals surface area (Å²) in [6, 6.07) is 3.63. The summed E-state index contributed by atoms with van der Waals surface area (Å²) in [7, 11) is 0. The molecule has 0 unspecified atom stereocenters. The molecule has 0 fully saturated rings. The van der Waals surface area contributed by atoms with E-state index in [1.165, 1.54) is 22.7 Å². The van der Waals surface area contributed by atoms with Crippen molar-refractivity contribution in [3.8, 4) is 0 Å². The first kappa shape index (κ1) is 17.6. The Morgan fingerprint density at radius 1 is 1.39 bits per heavy atom. The van der Waals surface area contributed by atoms with Crippen LogP contribution in [0.15, 0.2) is 23.7 Å². The fraction of sp³-hybridized carbons (Fsp3) is 0.438. The summed E-state index contributed by atoms with van der Waals surface area (Å²) in [6.45, 7) is 6.75. The van der Waals surface area contributed by atoms with Gasteiger partial charge in [0.25, 0.3) is 5.91 Å². The first-order valence-electron chi connectivity index (χ1n) is 7.50. The van der Waals surface area contributed by atoms with E-state index in [1.807, 2.05) is 18.4 Å². The van der Waals surface area contributed by atoms with Crippen LogP contribution >= 0.6 is 22.7 Å². The summed E-state index contributed by atoms with van der Waals surface area (Å²) >= 11 is 2.82. The number of carbonyl (C=O) groups is 2. The van der Waals surface area contributed by atoms with Gasteiger partial charge in [0.15, 0.2) is 5.13 Å². The van der Waals surface area contributed by atoms with E-state index in [2.05, 4.69) is 24.1 Å². The average molecular weight is 351 g/mol. The smallest absolute Gasteiger partial charge is 0.264 e. The SMILES string of the molecule is Cc1cnc(NC(=O)CN(CCC(C)C)C(=O)c2cccs2)s1. The van der Waals surface area contributed by atoms with E-state index < -0.39 is 0 Å². The quantitative estimate of drug-likeness (QED) is 0.828. The molecule has 1 N–H and O–H groups in total. The minimum Gasteiger partial charge on any atom is -0.329 e. The van der Waals surface area contributed by atoms with Crippen molar-refractivity contribution in [1.82, 2.24) is 9.88 Å². The van der Waals surface area contributed by atoms with Gasteiger partial charge in [0.05, 0.1) is 4.88 Å². The van der Waals surface area contributed by atoms with Crippen molar-refractivity contribution in [3.63, 3.8) is 0 Å². The molecule has 2 aromatic heterocycles. The zero-order chi connectivity index (χ0) is 16.8. The second kappa shape index (κ2) is 8.21. The van der Waals surface area contributed by atoms with E-state index in [9.17, 15) is 9.59 Å². The molecule has 0 aliphatic carbocycles. The van der Waals surface area contributed by atoms with Gasteiger partial charge in [-0.15, -0.1) is 22.7 Å². The molecule has 0 saturated carbocycles. The number of nitrogens with one attached hydrogen (secondary N) is 1. The van der Waals surface area contributed by atoms with Gasteiger partial charge in [0.1, 0.15) is 6.54 Å². The molecule has 0 spiro atoms. The average Bonchev–Trinajstić information content (AvgIpc) is 3.14. The van der Waals surface area contributed by atoms with Crippen molar-refractivity contribution in [2.45, 2.75) is 27.2 Å². The summed E-state index contributed by atoms with van der Waals surface area (Å²) in [5, 5.41) is 5.20. The highest BCUT2D eigenvalue weighted by atomic mass is 32.1. The maximum atomic E-state index is 12.6. The van der Waals surface area contributed by atoms with Gasteiger partial charge in [0, 0.05) is 17.6 Å². The summed E-state index contributed by atoms with van der Waals surface area (Å²) in [4.78, 5) is 32.2. The van der Waals surface area contributed by atoms with Crippen molar-refractivity contribution < 1.29 is 9.59 Å². The van der Waals surface area contributed by atoms with Crippen LogP contribution in [0, 0.1) is 12.8 Å². The van der Waals surface area contributed by atoms with E-state index in [0.29, 0.717) is 22.5 Å². The van der Waals surface area contributed by atoms with Crippen molar-refractivity contribution in [2.75, 3.05) is 18.4 Å². The molecule has 0 radical (unpaired) electrons. The molecule has 0 atom stereocenters. The number of anilines is 1. The molecule has 2 rings (SSSR count). The number of thiophene rings is 1. The molecule has 0 aliphatic heterocycles. The van der Waals surface area contributed by atoms with Crippen LogP contribution in [0.25, 0.3) is 0 Å². The Bertz CT molecular complexity index is 650. The molecule has 0 aromatic carbocycles. The third kappa shape index (κ3) is 5.44. The summed E-state index contributed by atoms with van der Waals surface area (Å²) in [5.74, 6) is 0.164. The second-order valence-electron chi connectivity index (χ2n) is 5.71. The molecular formula is C16H21N3O2S2. The second-order valence-corrected chi connectivity index (χ2v) is 7.89. The molecule has 2 heterocycles. The maximum Gasteiger partial charge on any atom is 0.264 e. The predicted molar refractivity (Wildman–Crippen MR) is 95.2 cm³/mol. The normalized spacial score (nSPS) is 10.8. The topological polar surface area (TPSA) is 62.3 Å². The number of aromatic nitrogens is 1. The Labute approximate surface area is 144 Å². The Hall–Kier alpha value is -1.73. The van der Waals surface area contributed by atoms with E-state index in [1.54, 1.807) is 17.2 Å². The van der Waals surface area contributed by atoms with E-state index in [-0.39, 0.29) is 18.4 Å². The summed E-state index contributed by atoms with van der Waals surface area (Å²) in [5.41, 5.74) is 0. The molecule has 0 saturated heterocycles. The molecule has 5 nitrogen and oxygen atoms in total. The van der Waals surface area contributed by atoms with Crippen molar-refractivity contribution in [2.24, 2.45) is 5.92 Å². The molecular weight excluding hydrogens is 330 g/mol. The number of aryl methyl sites for hydroxylation is 1. The van der Waals surface area contributed by atoms with Gasteiger partial charge in [-0.1, -0.05) is 19.9 Å². The van der Waals surface area contributed by atoms with Crippen molar-refractivity contribution in [1.29, 1.82) is 0 Å². The lowest BCUT2D eigenvalue weighted by Crippen LogP contribution is -2.38.